The van der Waals surface area contributed by atoms with Gasteiger partial charge < -0.3 is 14.2 Å². The maximum absolute atomic E-state index is 12.7. The molecule has 0 radical (unpaired) electrons. The Balaban J connectivity index is 4.21. The van der Waals surface area contributed by atoms with Gasteiger partial charge in [-0.3, -0.25) is 14.4 Å². The molecule has 320 valence electrons. The van der Waals surface area contributed by atoms with Crippen molar-refractivity contribution in [2.24, 2.45) is 5.92 Å². The van der Waals surface area contributed by atoms with Crippen molar-refractivity contribution in [2.75, 3.05) is 13.2 Å². The van der Waals surface area contributed by atoms with Gasteiger partial charge in [0.15, 0.2) is 6.10 Å². The highest BCUT2D eigenvalue weighted by molar-refractivity contribution is 5.71. The van der Waals surface area contributed by atoms with Crippen LogP contribution in [-0.4, -0.2) is 37.2 Å². The second-order valence-corrected chi connectivity index (χ2v) is 16.9. The quantitative estimate of drug-likeness (QED) is 0.0349. The normalized spacial score (nSPS) is 11.9. The minimum Gasteiger partial charge on any atom is -0.462 e. The summed E-state index contributed by atoms with van der Waals surface area (Å²) in [4.78, 5) is 37.6. The van der Waals surface area contributed by atoms with Gasteiger partial charge in [0.25, 0.3) is 0 Å². The van der Waals surface area contributed by atoms with E-state index in [-0.39, 0.29) is 31.1 Å². The molecule has 6 nitrogen and oxygen atoms in total. The van der Waals surface area contributed by atoms with E-state index in [9.17, 15) is 14.4 Å². The third kappa shape index (κ3) is 41.6. The van der Waals surface area contributed by atoms with Gasteiger partial charge in [-0.2, -0.15) is 0 Å². The lowest BCUT2D eigenvalue weighted by Crippen LogP contribution is -2.30. The molecule has 0 aromatic rings. The Kier molecular flexibility index (Phi) is 41.3. The summed E-state index contributed by atoms with van der Waals surface area (Å²) in [5, 5.41) is 0. The molecule has 0 N–H and O–H groups in total. The summed E-state index contributed by atoms with van der Waals surface area (Å²) in [5.41, 5.74) is 0. The van der Waals surface area contributed by atoms with Crippen LogP contribution in [0.15, 0.2) is 0 Å². The Morgan fingerprint density at radius 3 is 0.907 bits per heavy atom. The van der Waals surface area contributed by atoms with E-state index in [1.807, 2.05) is 0 Å². The molecule has 0 rings (SSSR count). The van der Waals surface area contributed by atoms with E-state index in [2.05, 4.69) is 27.7 Å². The van der Waals surface area contributed by atoms with E-state index in [1.54, 1.807) is 0 Å². The van der Waals surface area contributed by atoms with Crippen molar-refractivity contribution >= 4 is 17.9 Å². The number of hydrogen-bond donors (Lipinski definition) is 0. The molecule has 0 aromatic heterocycles. The summed E-state index contributed by atoms with van der Waals surface area (Å²) in [7, 11) is 0. The van der Waals surface area contributed by atoms with Gasteiger partial charge in [0.1, 0.15) is 13.2 Å². The molecule has 0 heterocycles. The average molecular weight is 765 g/mol. The lowest BCUT2D eigenvalue weighted by atomic mass is 10.0. The Labute approximate surface area is 336 Å². The molecular formula is C48H92O6. The lowest BCUT2D eigenvalue weighted by molar-refractivity contribution is -0.167. The third-order valence-electron chi connectivity index (χ3n) is 10.8. The number of hydrogen-bond acceptors (Lipinski definition) is 6. The molecule has 0 fully saturated rings. The van der Waals surface area contributed by atoms with Crippen LogP contribution in [0, 0.1) is 5.92 Å². The molecule has 0 aliphatic heterocycles. The number of unbranched alkanes of at least 4 members (excludes halogenated alkanes) is 30. The molecule has 0 spiro atoms. The van der Waals surface area contributed by atoms with Crippen LogP contribution in [0.2, 0.25) is 0 Å². The van der Waals surface area contributed by atoms with Gasteiger partial charge in [-0.15, -0.1) is 0 Å². The number of carbonyl (C=O) groups excluding carboxylic acids is 3. The van der Waals surface area contributed by atoms with Crippen LogP contribution in [0.4, 0.5) is 0 Å². The van der Waals surface area contributed by atoms with Crippen LogP contribution in [0.25, 0.3) is 0 Å². The Morgan fingerprint density at radius 2 is 0.611 bits per heavy atom. The van der Waals surface area contributed by atoms with E-state index >= 15 is 0 Å². The highest BCUT2D eigenvalue weighted by Crippen LogP contribution is 2.16. The summed E-state index contributed by atoms with van der Waals surface area (Å²) in [6, 6.07) is 0. The zero-order valence-corrected chi connectivity index (χ0v) is 36.7. The molecule has 0 saturated carbocycles. The number of rotatable bonds is 43. The topological polar surface area (TPSA) is 78.9 Å². The molecule has 54 heavy (non-hydrogen) atoms. The first-order valence-corrected chi connectivity index (χ1v) is 23.9. The number of esters is 3. The van der Waals surface area contributed by atoms with Gasteiger partial charge >= 0.3 is 17.9 Å². The summed E-state index contributed by atoms with van der Waals surface area (Å²) in [5.74, 6) is -0.0526. The maximum Gasteiger partial charge on any atom is 0.306 e. The fourth-order valence-corrected chi connectivity index (χ4v) is 7.16. The molecule has 0 aromatic carbocycles. The van der Waals surface area contributed by atoms with Gasteiger partial charge in [0.2, 0.25) is 0 Å². The van der Waals surface area contributed by atoms with Crippen LogP contribution < -0.4 is 0 Å². The monoisotopic (exact) mass is 765 g/mol. The summed E-state index contributed by atoms with van der Waals surface area (Å²) in [6.07, 6.45) is 42.5. The lowest BCUT2D eigenvalue weighted by Gasteiger charge is -2.18. The average Bonchev–Trinajstić information content (AvgIpc) is 3.15. The highest BCUT2D eigenvalue weighted by atomic mass is 16.6. The molecule has 0 bridgehead atoms. The van der Waals surface area contributed by atoms with E-state index in [4.69, 9.17) is 14.2 Å². The zero-order chi connectivity index (χ0) is 39.6. The summed E-state index contributed by atoms with van der Waals surface area (Å²) < 4.78 is 16.7. The number of ether oxygens (including phenoxy) is 3. The zero-order valence-electron chi connectivity index (χ0n) is 36.7. The second-order valence-electron chi connectivity index (χ2n) is 16.9. The molecular weight excluding hydrogens is 673 g/mol. The first-order valence-electron chi connectivity index (χ1n) is 23.9. The minimum absolute atomic E-state index is 0.0641. The summed E-state index contributed by atoms with van der Waals surface area (Å²) in [6.45, 7) is 8.95. The Bertz CT molecular complexity index is 811. The largest absolute Gasteiger partial charge is 0.462 e. The summed E-state index contributed by atoms with van der Waals surface area (Å²) >= 11 is 0. The predicted molar refractivity (Wildman–Crippen MR) is 229 cm³/mol. The van der Waals surface area contributed by atoms with Crippen LogP contribution >= 0.6 is 0 Å². The Morgan fingerprint density at radius 1 is 0.352 bits per heavy atom. The van der Waals surface area contributed by atoms with E-state index in [0.29, 0.717) is 19.3 Å². The van der Waals surface area contributed by atoms with Crippen LogP contribution in [0.5, 0.6) is 0 Å². The fraction of sp³-hybridized carbons (Fsp3) is 0.938. The molecule has 0 aliphatic rings. The van der Waals surface area contributed by atoms with E-state index < -0.39 is 6.10 Å². The molecule has 1 atom stereocenters. The van der Waals surface area contributed by atoms with Gasteiger partial charge in [0, 0.05) is 19.3 Å². The van der Waals surface area contributed by atoms with Crippen molar-refractivity contribution in [1.29, 1.82) is 0 Å². The van der Waals surface area contributed by atoms with Crippen molar-refractivity contribution in [2.45, 2.75) is 271 Å². The molecule has 0 unspecified atom stereocenters. The highest BCUT2D eigenvalue weighted by Gasteiger charge is 2.19. The minimum atomic E-state index is -0.759. The van der Waals surface area contributed by atoms with Gasteiger partial charge in [-0.25, -0.2) is 0 Å². The third-order valence-corrected chi connectivity index (χ3v) is 10.8. The van der Waals surface area contributed by atoms with Crippen LogP contribution in [0.3, 0.4) is 0 Å². The number of carbonyl (C=O) groups is 3. The van der Waals surface area contributed by atoms with Crippen molar-refractivity contribution in [3.8, 4) is 0 Å². The van der Waals surface area contributed by atoms with Gasteiger partial charge in [-0.1, -0.05) is 227 Å². The smallest absolute Gasteiger partial charge is 0.306 e. The van der Waals surface area contributed by atoms with Crippen molar-refractivity contribution in [3.05, 3.63) is 0 Å². The van der Waals surface area contributed by atoms with Crippen molar-refractivity contribution in [3.63, 3.8) is 0 Å². The fourth-order valence-electron chi connectivity index (χ4n) is 7.16. The first kappa shape index (κ1) is 52.4. The molecule has 0 aliphatic carbocycles. The SMILES string of the molecule is CCCCCCCCCCCCCCCCCCCC(=O)OC[C@H](COC(=O)CCCCCCCCC)OC(=O)CCCCCCCCCCCC(C)C. The Hall–Kier alpha value is -1.59. The van der Waals surface area contributed by atoms with Crippen LogP contribution in [0.1, 0.15) is 265 Å². The first-order chi connectivity index (χ1) is 26.4. The van der Waals surface area contributed by atoms with Crippen LogP contribution in [-0.2, 0) is 28.6 Å². The maximum atomic E-state index is 12.7. The van der Waals surface area contributed by atoms with Crippen molar-refractivity contribution in [1.82, 2.24) is 0 Å². The molecule has 0 saturated heterocycles. The van der Waals surface area contributed by atoms with Gasteiger partial charge in [-0.05, 0) is 25.2 Å². The second kappa shape index (κ2) is 42.6. The predicted octanol–water partition coefficient (Wildman–Crippen LogP) is 15.1. The van der Waals surface area contributed by atoms with Gasteiger partial charge in [0.05, 0.1) is 0 Å². The standard InChI is InChI=1S/C48H92O6/c1-5-7-9-11-13-14-15-16-17-18-19-20-21-24-28-32-36-40-47(50)53-43-45(42-52-46(49)39-35-31-26-12-10-8-6-2)54-48(51)41-37-33-29-25-22-23-27-30-34-38-44(3)4/h44-45H,5-43H2,1-4H3/t45-/m0/s1. The molecule has 6 heteroatoms. The van der Waals surface area contributed by atoms with Crippen molar-refractivity contribution < 1.29 is 28.6 Å². The van der Waals surface area contributed by atoms with E-state index in [0.717, 1.165) is 63.7 Å². The molecule has 0 amide bonds. The van der Waals surface area contributed by atoms with E-state index in [1.165, 1.54) is 161 Å².